The van der Waals surface area contributed by atoms with Crippen LogP contribution in [0.15, 0.2) is 24.3 Å². The fourth-order valence-corrected chi connectivity index (χ4v) is 1.75. The summed E-state index contributed by atoms with van der Waals surface area (Å²) in [4.78, 5) is 0. The van der Waals surface area contributed by atoms with Gasteiger partial charge in [-0.05, 0) is 30.5 Å². The molecular weight excluding hydrogens is 196 g/mol. The van der Waals surface area contributed by atoms with Gasteiger partial charge in [-0.25, -0.2) is 0 Å². The van der Waals surface area contributed by atoms with Gasteiger partial charge in [-0.1, -0.05) is 37.1 Å². The summed E-state index contributed by atoms with van der Waals surface area (Å²) in [6.45, 7) is 2.16. The van der Waals surface area contributed by atoms with Gasteiger partial charge in [-0.15, -0.1) is 0 Å². The van der Waals surface area contributed by atoms with E-state index in [1.807, 2.05) is 18.2 Å². The third kappa shape index (κ3) is 3.66. The van der Waals surface area contributed by atoms with E-state index in [1.165, 1.54) is 5.56 Å². The minimum atomic E-state index is 0.346. The molecule has 0 radical (unpaired) electrons. The van der Waals surface area contributed by atoms with Crippen molar-refractivity contribution >= 4 is 11.6 Å². The average molecular weight is 213 g/mol. The van der Waals surface area contributed by atoms with Crippen LogP contribution in [0, 0.1) is 0 Å². The van der Waals surface area contributed by atoms with Crippen molar-refractivity contribution in [3.05, 3.63) is 34.9 Å². The van der Waals surface area contributed by atoms with Gasteiger partial charge in [0.2, 0.25) is 0 Å². The molecule has 3 N–H and O–H groups in total. The van der Waals surface area contributed by atoms with E-state index < -0.39 is 0 Å². The molecule has 0 aliphatic carbocycles. The molecule has 14 heavy (non-hydrogen) atoms. The summed E-state index contributed by atoms with van der Waals surface area (Å²) in [5.74, 6) is 5.46. The van der Waals surface area contributed by atoms with E-state index >= 15 is 0 Å². The lowest BCUT2D eigenvalue weighted by Gasteiger charge is -2.14. The van der Waals surface area contributed by atoms with Gasteiger partial charge in [-0.2, -0.15) is 0 Å². The van der Waals surface area contributed by atoms with Crippen molar-refractivity contribution in [2.24, 2.45) is 5.84 Å². The largest absolute Gasteiger partial charge is 0.271 e. The highest BCUT2D eigenvalue weighted by atomic mass is 35.5. The molecule has 1 aromatic rings. The molecule has 0 aliphatic rings. The zero-order valence-electron chi connectivity index (χ0n) is 8.46. The van der Waals surface area contributed by atoms with Gasteiger partial charge in [-0.3, -0.25) is 11.3 Å². The summed E-state index contributed by atoms with van der Waals surface area (Å²) < 4.78 is 0. The maximum absolute atomic E-state index is 5.90. The molecule has 1 atom stereocenters. The summed E-state index contributed by atoms with van der Waals surface area (Å²) in [6.07, 6.45) is 3.16. The van der Waals surface area contributed by atoms with Crippen LogP contribution in [0.1, 0.15) is 25.3 Å². The van der Waals surface area contributed by atoms with Crippen LogP contribution in [0.25, 0.3) is 0 Å². The van der Waals surface area contributed by atoms with Gasteiger partial charge >= 0.3 is 0 Å². The Kier molecular flexibility index (Phi) is 4.94. The SMILES string of the molecule is CCCC(Cc1cccc(Cl)c1)NN. The smallest absolute Gasteiger partial charge is 0.0408 e. The fraction of sp³-hybridized carbons (Fsp3) is 0.455. The topological polar surface area (TPSA) is 38.0 Å². The first-order valence-electron chi connectivity index (χ1n) is 4.96. The molecule has 78 valence electrons. The van der Waals surface area contributed by atoms with E-state index in [2.05, 4.69) is 18.4 Å². The Labute approximate surface area is 90.4 Å². The minimum absolute atomic E-state index is 0.346. The molecule has 0 fully saturated rings. The number of nitrogens with one attached hydrogen (secondary N) is 1. The predicted molar refractivity (Wildman–Crippen MR) is 61.2 cm³/mol. The van der Waals surface area contributed by atoms with Crippen LogP contribution in [0.5, 0.6) is 0 Å². The lowest BCUT2D eigenvalue weighted by molar-refractivity contribution is 0.486. The predicted octanol–water partition coefficient (Wildman–Crippen LogP) is 2.51. The fourth-order valence-electron chi connectivity index (χ4n) is 1.54. The van der Waals surface area contributed by atoms with Crippen molar-refractivity contribution in [3.63, 3.8) is 0 Å². The van der Waals surface area contributed by atoms with Crippen LogP contribution >= 0.6 is 11.6 Å². The summed E-state index contributed by atoms with van der Waals surface area (Å²) in [5.41, 5.74) is 4.06. The lowest BCUT2D eigenvalue weighted by atomic mass is 10.0. The van der Waals surface area contributed by atoms with Crippen LogP contribution in [0.2, 0.25) is 5.02 Å². The van der Waals surface area contributed by atoms with Crippen LogP contribution < -0.4 is 11.3 Å². The third-order valence-corrected chi connectivity index (χ3v) is 2.48. The molecule has 0 aliphatic heterocycles. The number of hydrogen-bond donors (Lipinski definition) is 2. The van der Waals surface area contributed by atoms with Crippen LogP contribution in [0.4, 0.5) is 0 Å². The van der Waals surface area contributed by atoms with Gasteiger partial charge in [0.15, 0.2) is 0 Å². The summed E-state index contributed by atoms with van der Waals surface area (Å²) in [6, 6.07) is 8.26. The first kappa shape index (κ1) is 11.5. The highest BCUT2D eigenvalue weighted by molar-refractivity contribution is 6.30. The molecule has 3 heteroatoms. The number of halogens is 1. The number of rotatable bonds is 5. The molecule has 1 aromatic carbocycles. The van der Waals surface area contributed by atoms with Crippen molar-refractivity contribution < 1.29 is 0 Å². The molecule has 2 nitrogen and oxygen atoms in total. The Morgan fingerprint density at radius 2 is 2.29 bits per heavy atom. The summed E-state index contributed by atoms with van der Waals surface area (Å²) in [7, 11) is 0. The second kappa shape index (κ2) is 6.02. The average Bonchev–Trinajstić information content (AvgIpc) is 2.17. The van der Waals surface area contributed by atoms with E-state index in [1.54, 1.807) is 0 Å². The molecule has 0 aromatic heterocycles. The van der Waals surface area contributed by atoms with Crippen molar-refractivity contribution in [3.8, 4) is 0 Å². The Balaban J connectivity index is 2.57. The first-order chi connectivity index (χ1) is 6.76. The Morgan fingerprint density at radius 3 is 2.86 bits per heavy atom. The second-order valence-electron chi connectivity index (χ2n) is 3.49. The molecule has 0 saturated heterocycles. The molecule has 0 bridgehead atoms. The van der Waals surface area contributed by atoms with Crippen molar-refractivity contribution in [1.29, 1.82) is 0 Å². The molecule has 1 unspecified atom stereocenters. The van der Waals surface area contributed by atoms with Gasteiger partial charge < -0.3 is 0 Å². The van der Waals surface area contributed by atoms with Crippen molar-refractivity contribution in [1.82, 2.24) is 5.43 Å². The zero-order chi connectivity index (χ0) is 10.4. The maximum atomic E-state index is 5.90. The van der Waals surface area contributed by atoms with Crippen LogP contribution in [-0.2, 0) is 6.42 Å². The molecule has 0 spiro atoms. The van der Waals surface area contributed by atoms with E-state index in [4.69, 9.17) is 17.4 Å². The standard InChI is InChI=1S/C11H17ClN2/c1-2-4-11(14-13)8-9-5-3-6-10(12)7-9/h3,5-7,11,14H,2,4,8,13H2,1H3. The van der Waals surface area contributed by atoms with E-state index in [0.29, 0.717) is 6.04 Å². The normalized spacial score (nSPS) is 12.8. The minimum Gasteiger partial charge on any atom is -0.271 e. The molecule has 1 rings (SSSR count). The third-order valence-electron chi connectivity index (χ3n) is 2.24. The zero-order valence-corrected chi connectivity index (χ0v) is 9.22. The Hall–Kier alpha value is -0.570. The Bertz CT molecular complexity index is 276. The second-order valence-corrected chi connectivity index (χ2v) is 3.92. The van der Waals surface area contributed by atoms with Crippen molar-refractivity contribution in [2.45, 2.75) is 32.2 Å². The molecular formula is C11H17ClN2. The molecule has 0 saturated carbocycles. The number of nitrogens with two attached hydrogens (primary N) is 1. The highest BCUT2D eigenvalue weighted by Crippen LogP contribution is 2.13. The Morgan fingerprint density at radius 1 is 1.50 bits per heavy atom. The van der Waals surface area contributed by atoms with Crippen LogP contribution in [-0.4, -0.2) is 6.04 Å². The first-order valence-corrected chi connectivity index (χ1v) is 5.34. The van der Waals surface area contributed by atoms with Gasteiger partial charge in [0, 0.05) is 11.1 Å². The number of hydrogen-bond acceptors (Lipinski definition) is 2. The number of hydrazine groups is 1. The van der Waals surface area contributed by atoms with E-state index in [0.717, 1.165) is 24.3 Å². The highest BCUT2D eigenvalue weighted by Gasteiger charge is 2.06. The van der Waals surface area contributed by atoms with Gasteiger partial charge in [0.05, 0.1) is 0 Å². The van der Waals surface area contributed by atoms with Crippen LogP contribution in [0.3, 0.4) is 0 Å². The maximum Gasteiger partial charge on any atom is 0.0408 e. The van der Waals surface area contributed by atoms with E-state index in [9.17, 15) is 0 Å². The summed E-state index contributed by atoms with van der Waals surface area (Å²) in [5, 5.41) is 0.787. The van der Waals surface area contributed by atoms with Crippen molar-refractivity contribution in [2.75, 3.05) is 0 Å². The monoisotopic (exact) mass is 212 g/mol. The van der Waals surface area contributed by atoms with E-state index in [-0.39, 0.29) is 0 Å². The molecule has 0 amide bonds. The number of benzene rings is 1. The summed E-state index contributed by atoms with van der Waals surface area (Å²) >= 11 is 5.90. The van der Waals surface area contributed by atoms with Gasteiger partial charge in [0.1, 0.15) is 0 Å². The quantitative estimate of drug-likeness (QED) is 0.582. The molecule has 0 heterocycles. The van der Waals surface area contributed by atoms with Gasteiger partial charge in [0.25, 0.3) is 0 Å². The lowest BCUT2D eigenvalue weighted by Crippen LogP contribution is -2.36.